The third kappa shape index (κ3) is 4.68. The number of para-hydroxylation sites is 1. The second kappa shape index (κ2) is 9.71. The molecule has 0 radical (unpaired) electrons. The smallest absolute Gasteiger partial charge is 0.302 e. The molecular formula is C27H23NO3S. The standard InChI is InChI=1S/C27H23NO3S/c1-19(29)31-18-23(21-13-7-4-8-14-21)22(20-11-5-3-6-12-20)17-26-27(30)28(2)24-15-9-10-16-25(24)32-26/h3-17H,18H2,1-2H3/b23-22+,26-17-. The highest BCUT2D eigenvalue weighted by Crippen LogP contribution is 2.42. The van der Waals surface area contributed by atoms with Crippen molar-refractivity contribution in [2.45, 2.75) is 11.8 Å². The van der Waals surface area contributed by atoms with Gasteiger partial charge in [0, 0.05) is 24.4 Å². The number of allylic oxidation sites excluding steroid dienone is 2. The molecule has 0 unspecified atom stereocenters. The van der Waals surface area contributed by atoms with Crippen LogP contribution in [0.15, 0.2) is 101 Å². The summed E-state index contributed by atoms with van der Waals surface area (Å²) in [5.74, 6) is -0.419. The van der Waals surface area contributed by atoms with E-state index in [4.69, 9.17) is 4.74 Å². The molecule has 0 aromatic heterocycles. The fourth-order valence-electron chi connectivity index (χ4n) is 3.57. The van der Waals surface area contributed by atoms with Gasteiger partial charge >= 0.3 is 5.97 Å². The van der Waals surface area contributed by atoms with Crippen molar-refractivity contribution in [3.8, 4) is 0 Å². The van der Waals surface area contributed by atoms with Crippen molar-refractivity contribution in [2.75, 3.05) is 18.6 Å². The molecule has 3 aromatic carbocycles. The van der Waals surface area contributed by atoms with Gasteiger partial charge in [-0.05, 0) is 34.9 Å². The molecule has 4 rings (SSSR count). The minimum atomic E-state index is -0.352. The van der Waals surface area contributed by atoms with Gasteiger partial charge in [-0.25, -0.2) is 0 Å². The van der Waals surface area contributed by atoms with E-state index in [0.717, 1.165) is 32.9 Å². The number of ether oxygens (including phenoxy) is 1. The van der Waals surface area contributed by atoms with Crippen LogP contribution in [0.3, 0.4) is 0 Å². The molecule has 160 valence electrons. The van der Waals surface area contributed by atoms with Crippen LogP contribution in [-0.4, -0.2) is 25.5 Å². The van der Waals surface area contributed by atoms with Crippen molar-refractivity contribution in [3.63, 3.8) is 0 Å². The average Bonchev–Trinajstić information content (AvgIpc) is 2.82. The minimum Gasteiger partial charge on any atom is -0.461 e. The second-order valence-corrected chi connectivity index (χ2v) is 8.43. The highest BCUT2D eigenvalue weighted by molar-refractivity contribution is 8.04. The Morgan fingerprint density at radius 1 is 0.906 bits per heavy atom. The van der Waals surface area contributed by atoms with Crippen LogP contribution in [0.1, 0.15) is 18.1 Å². The summed E-state index contributed by atoms with van der Waals surface area (Å²) in [4.78, 5) is 28.2. The number of hydrogen-bond acceptors (Lipinski definition) is 4. The maximum absolute atomic E-state index is 13.2. The second-order valence-electron chi connectivity index (χ2n) is 7.35. The molecule has 0 saturated heterocycles. The maximum atomic E-state index is 13.2. The average molecular weight is 442 g/mol. The SMILES string of the molecule is CC(=O)OC/C(=C(/C=C1\Sc2ccccc2N(C)C1=O)c1ccccc1)c1ccccc1. The van der Waals surface area contributed by atoms with Crippen LogP contribution in [0.25, 0.3) is 11.1 Å². The summed E-state index contributed by atoms with van der Waals surface area (Å²) in [7, 11) is 1.79. The Labute approximate surface area is 192 Å². The zero-order chi connectivity index (χ0) is 22.5. The first-order valence-electron chi connectivity index (χ1n) is 10.3. The summed E-state index contributed by atoms with van der Waals surface area (Å²) in [5, 5.41) is 0. The van der Waals surface area contributed by atoms with E-state index in [1.165, 1.54) is 18.7 Å². The molecule has 0 bridgehead atoms. The normalized spacial score (nSPS) is 15.2. The number of anilines is 1. The number of fused-ring (bicyclic) bond motifs is 1. The number of benzene rings is 3. The van der Waals surface area contributed by atoms with E-state index in [-0.39, 0.29) is 18.5 Å². The fraction of sp³-hybridized carbons (Fsp3) is 0.111. The van der Waals surface area contributed by atoms with Crippen molar-refractivity contribution >= 4 is 40.5 Å². The lowest BCUT2D eigenvalue weighted by atomic mass is 9.94. The monoisotopic (exact) mass is 441 g/mol. The van der Waals surface area contributed by atoms with Crippen LogP contribution in [0, 0.1) is 0 Å². The molecule has 32 heavy (non-hydrogen) atoms. The Morgan fingerprint density at radius 2 is 1.50 bits per heavy atom. The number of hydrogen-bond donors (Lipinski definition) is 0. The van der Waals surface area contributed by atoms with E-state index in [2.05, 4.69) is 0 Å². The number of carbonyl (C=O) groups is 2. The molecule has 1 aliphatic rings. The van der Waals surface area contributed by atoms with Gasteiger partial charge in [0.1, 0.15) is 6.61 Å². The lowest BCUT2D eigenvalue weighted by Crippen LogP contribution is -2.30. The Kier molecular flexibility index (Phi) is 6.57. The van der Waals surface area contributed by atoms with Gasteiger partial charge in [0.2, 0.25) is 0 Å². The van der Waals surface area contributed by atoms with E-state index in [1.807, 2.05) is 91.0 Å². The van der Waals surface area contributed by atoms with Gasteiger partial charge < -0.3 is 9.64 Å². The van der Waals surface area contributed by atoms with E-state index in [0.29, 0.717) is 4.91 Å². The minimum absolute atomic E-state index is 0.0676. The summed E-state index contributed by atoms with van der Waals surface area (Å²) >= 11 is 1.46. The quantitative estimate of drug-likeness (QED) is 0.285. The first-order chi connectivity index (χ1) is 15.5. The van der Waals surface area contributed by atoms with Crippen molar-refractivity contribution < 1.29 is 14.3 Å². The molecule has 1 aliphatic heterocycles. The zero-order valence-corrected chi connectivity index (χ0v) is 18.8. The number of nitrogens with zero attached hydrogens (tertiary/aromatic N) is 1. The lowest BCUT2D eigenvalue weighted by Gasteiger charge is -2.27. The molecule has 0 atom stereocenters. The fourth-order valence-corrected chi connectivity index (χ4v) is 4.67. The molecule has 5 heteroatoms. The van der Waals surface area contributed by atoms with Gasteiger partial charge in [0.25, 0.3) is 5.91 Å². The highest BCUT2D eigenvalue weighted by Gasteiger charge is 2.27. The number of amides is 1. The zero-order valence-electron chi connectivity index (χ0n) is 17.9. The molecule has 0 saturated carbocycles. The van der Waals surface area contributed by atoms with Crippen molar-refractivity contribution in [1.82, 2.24) is 0 Å². The Balaban J connectivity index is 1.91. The van der Waals surface area contributed by atoms with Gasteiger partial charge in [-0.3, -0.25) is 9.59 Å². The van der Waals surface area contributed by atoms with Crippen LogP contribution in [0.5, 0.6) is 0 Å². The summed E-state index contributed by atoms with van der Waals surface area (Å²) in [6, 6.07) is 27.5. The maximum Gasteiger partial charge on any atom is 0.302 e. The first-order valence-corrected chi connectivity index (χ1v) is 11.1. The summed E-state index contributed by atoms with van der Waals surface area (Å²) in [6.45, 7) is 1.51. The van der Waals surface area contributed by atoms with Crippen molar-refractivity contribution in [1.29, 1.82) is 0 Å². The molecule has 0 N–H and O–H groups in total. The van der Waals surface area contributed by atoms with Crippen LogP contribution in [-0.2, 0) is 14.3 Å². The summed E-state index contributed by atoms with van der Waals surface area (Å²) < 4.78 is 5.43. The van der Waals surface area contributed by atoms with E-state index in [1.54, 1.807) is 11.9 Å². The van der Waals surface area contributed by atoms with Crippen molar-refractivity contribution in [2.24, 2.45) is 0 Å². The third-order valence-electron chi connectivity index (χ3n) is 5.19. The third-order valence-corrected chi connectivity index (χ3v) is 6.27. The molecule has 3 aromatic rings. The highest BCUT2D eigenvalue weighted by atomic mass is 32.2. The van der Waals surface area contributed by atoms with E-state index < -0.39 is 0 Å². The van der Waals surface area contributed by atoms with E-state index in [9.17, 15) is 9.59 Å². The van der Waals surface area contributed by atoms with Crippen LogP contribution in [0.2, 0.25) is 0 Å². The molecule has 0 fully saturated rings. The van der Waals surface area contributed by atoms with Gasteiger partial charge in [0.15, 0.2) is 0 Å². The molecule has 0 aliphatic carbocycles. The van der Waals surface area contributed by atoms with Crippen LogP contribution in [0.4, 0.5) is 5.69 Å². The number of esters is 1. The molecule has 4 nitrogen and oxygen atoms in total. The van der Waals surface area contributed by atoms with Gasteiger partial charge in [-0.1, -0.05) is 84.6 Å². The number of thioether (sulfide) groups is 1. The van der Waals surface area contributed by atoms with Gasteiger partial charge in [0.05, 0.1) is 10.6 Å². The summed E-state index contributed by atoms with van der Waals surface area (Å²) in [6.07, 6.45) is 1.92. The Bertz CT molecular complexity index is 1200. The number of likely N-dealkylation sites (N-methyl/N-ethyl adjacent to an activating group) is 1. The largest absolute Gasteiger partial charge is 0.461 e. The van der Waals surface area contributed by atoms with E-state index >= 15 is 0 Å². The molecular weight excluding hydrogens is 418 g/mol. The molecule has 1 amide bonds. The first kappa shape index (κ1) is 21.7. The Hall–Kier alpha value is -3.57. The Morgan fingerprint density at radius 3 is 2.16 bits per heavy atom. The van der Waals surface area contributed by atoms with Gasteiger partial charge in [-0.15, -0.1) is 0 Å². The van der Waals surface area contributed by atoms with Crippen molar-refractivity contribution in [3.05, 3.63) is 107 Å². The van der Waals surface area contributed by atoms with Gasteiger partial charge in [-0.2, -0.15) is 0 Å². The molecule has 1 heterocycles. The summed E-state index contributed by atoms with van der Waals surface area (Å²) in [5.41, 5.74) is 4.47. The predicted octanol–water partition coefficient (Wildman–Crippen LogP) is 5.81. The van der Waals surface area contributed by atoms with Crippen LogP contribution >= 0.6 is 11.8 Å². The number of carbonyl (C=O) groups excluding carboxylic acids is 2. The molecule has 0 spiro atoms. The topological polar surface area (TPSA) is 46.6 Å². The predicted molar refractivity (Wildman–Crippen MR) is 130 cm³/mol. The lowest BCUT2D eigenvalue weighted by molar-refractivity contribution is -0.139. The number of rotatable bonds is 5. The van der Waals surface area contributed by atoms with Crippen LogP contribution < -0.4 is 4.90 Å².